The van der Waals surface area contributed by atoms with E-state index in [1.807, 2.05) is 24.3 Å². The highest BCUT2D eigenvalue weighted by molar-refractivity contribution is 5.78. The highest BCUT2D eigenvalue weighted by Gasteiger charge is 2.03. The molecule has 0 spiro atoms. The number of benzene rings is 1. The lowest BCUT2D eigenvalue weighted by Crippen LogP contribution is -2.30. The zero-order chi connectivity index (χ0) is 15.5. The fraction of sp³-hybridized carbons (Fsp3) is 0.400. The second-order valence-electron chi connectivity index (χ2n) is 4.41. The molecule has 0 unspecified atom stereocenters. The van der Waals surface area contributed by atoms with Gasteiger partial charge in [-0.3, -0.25) is 9.59 Å². The molecule has 2 amide bonds. The van der Waals surface area contributed by atoms with E-state index in [0.29, 0.717) is 25.9 Å². The first-order chi connectivity index (χ1) is 10.2. The molecule has 0 bridgehead atoms. The molecule has 0 saturated heterocycles. The van der Waals surface area contributed by atoms with E-state index in [1.165, 1.54) is 0 Å². The SMILES string of the molecule is COc1ccc(CC(=O)NCCCNC(=O)CC#N)cc1. The minimum Gasteiger partial charge on any atom is -0.497 e. The number of ether oxygens (including phenoxy) is 1. The molecule has 1 aromatic rings. The predicted molar refractivity (Wildman–Crippen MR) is 77.6 cm³/mol. The lowest BCUT2D eigenvalue weighted by Gasteiger charge is -2.06. The number of nitrogens with zero attached hydrogens (tertiary/aromatic N) is 1. The van der Waals surface area contributed by atoms with E-state index in [4.69, 9.17) is 10.00 Å². The van der Waals surface area contributed by atoms with E-state index in [0.717, 1.165) is 11.3 Å². The Labute approximate surface area is 124 Å². The molecule has 0 aliphatic heterocycles. The number of hydrogen-bond donors (Lipinski definition) is 2. The molecular weight excluding hydrogens is 270 g/mol. The van der Waals surface area contributed by atoms with Gasteiger partial charge in [0.1, 0.15) is 12.2 Å². The van der Waals surface area contributed by atoms with Crippen molar-refractivity contribution in [1.29, 1.82) is 5.26 Å². The summed E-state index contributed by atoms with van der Waals surface area (Å²) >= 11 is 0. The normalized spacial score (nSPS) is 9.52. The van der Waals surface area contributed by atoms with Gasteiger partial charge in [-0.05, 0) is 24.1 Å². The maximum atomic E-state index is 11.7. The summed E-state index contributed by atoms with van der Waals surface area (Å²) in [7, 11) is 1.59. The van der Waals surface area contributed by atoms with Crippen LogP contribution in [-0.4, -0.2) is 32.0 Å². The largest absolute Gasteiger partial charge is 0.497 e. The number of carbonyl (C=O) groups excluding carboxylic acids is 2. The number of nitriles is 1. The van der Waals surface area contributed by atoms with Crippen LogP contribution in [-0.2, 0) is 16.0 Å². The molecule has 1 rings (SSSR count). The fourth-order valence-corrected chi connectivity index (χ4v) is 1.67. The predicted octanol–water partition coefficient (Wildman–Crippen LogP) is 0.774. The van der Waals surface area contributed by atoms with Crippen LogP contribution in [0, 0.1) is 11.3 Å². The average Bonchev–Trinajstić information content (AvgIpc) is 2.48. The van der Waals surface area contributed by atoms with Crippen LogP contribution in [0.5, 0.6) is 5.75 Å². The molecule has 0 aliphatic carbocycles. The zero-order valence-electron chi connectivity index (χ0n) is 12.0. The standard InChI is InChI=1S/C15H19N3O3/c1-21-13-5-3-12(4-6-13)11-15(20)18-10-2-9-17-14(19)7-8-16/h3-6H,2,7,9-11H2,1H3,(H,17,19)(H,18,20). The molecular formula is C15H19N3O3. The third-order valence-corrected chi connectivity index (χ3v) is 2.76. The summed E-state index contributed by atoms with van der Waals surface area (Å²) in [5.41, 5.74) is 0.913. The molecule has 0 fully saturated rings. The van der Waals surface area contributed by atoms with Crippen LogP contribution in [0.1, 0.15) is 18.4 Å². The van der Waals surface area contributed by atoms with Crippen molar-refractivity contribution >= 4 is 11.8 Å². The van der Waals surface area contributed by atoms with Gasteiger partial charge >= 0.3 is 0 Å². The molecule has 0 aliphatic rings. The fourth-order valence-electron chi connectivity index (χ4n) is 1.67. The first-order valence-electron chi connectivity index (χ1n) is 6.69. The van der Waals surface area contributed by atoms with Crippen molar-refractivity contribution in [3.8, 4) is 11.8 Å². The second-order valence-corrected chi connectivity index (χ2v) is 4.41. The van der Waals surface area contributed by atoms with Gasteiger partial charge in [0.15, 0.2) is 0 Å². The Kier molecular flexibility index (Phi) is 7.36. The molecule has 2 N–H and O–H groups in total. The van der Waals surface area contributed by atoms with Crippen LogP contribution in [0.25, 0.3) is 0 Å². The first-order valence-corrected chi connectivity index (χ1v) is 6.69. The van der Waals surface area contributed by atoms with Crippen molar-refractivity contribution in [1.82, 2.24) is 10.6 Å². The Morgan fingerprint density at radius 2 is 1.76 bits per heavy atom. The van der Waals surface area contributed by atoms with E-state index >= 15 is 0 Å². The first kappa shape index (κ1) is 16.5. The summed E-state index contributed by atoms with van der Waals surface area (Å²) in [6.45, 7) is 0.936. The molecule has 21 heavy (non-hydrogen) atoms. The summed E-state index contributed by atoms with van der Waals surface area (Å²) in [6.07, 6.45) is 0.806. The Hall–Kier alpha value is -2.55. The molecule has 1 aromatic carbocycles. The number of hydrogen-bond acceptors (Lipinski definition) is 4. The van der Waals surface area contributed by atoms with E-state index in [-0.39, 0.29) is 18.2 Å². The molecule has 6 heteroatoms. The van der Waals surface area contributed by atoms with Gasteiger partial charge in [-0.2, -0.15) is 5.26 Å². The maximum absolute atomic E-state index is 11.7. The molecule has 6 nitrogen and oxygen atoms in total. The smallest absolute Gasteiger partial charge is 0.234 e. The number of rotatable bonds is 8. The molecule has 0 saturated carbocycles. The number of nitrogens with one attached hydrogen (secondary N) is 2. The van der Waals surface area contributed by atoms with Gasteiger partial charge in [0.25, 0.3) is 0 Å². The van der Waals surface area contributed by atoms with E-state index < -0.39 is 0 Å². The maximum Gasteiger partial charge on any atom is 0.234 e. The molecule has 0 radical (unpaired) electrons. The molecule has 112 valence electrons. The quantitative estimate of drug-likeness (QED) is 0.692. The van der Waals surface area contributed by atoms with E-state index in [9.17, 15) is 9.59 Å². The van der Waals surface area contributed by atoms with Gasteiger partial charge in [0.2, 0.25) is 11.8 Å². The molecule has 0 atom stereocenters. The van der Waals surface area contributed by atoms with Crippen LogP contribution >= 0.6 is 0 Å². The van der Waals surface area contributed by atoms with Gasteiger partial charge in [0, 0.05) is 13.1 Å². The van der Waals surface area contributed by atoms with Gasteiger partial charge in [-0.15, -0.1) is 0 Å². The second kappa shape index (κ2) is 9.37. The van der Waals surface area contributed by atoms with Crippen molar-refractivity contribution in [2.24, 2.45) is 0 Å². The van der Waals surface area contributed by atoms with Gasteiger partial charge in [-0.1, -0.05) is 12.1 Å². The number of methoxy groups -OCH3 is 1. The zero-order valence-corrected chi connectivity index (χ0v) is 12.0. The Bertz CT molecular complexity index is 506. The molecule has 0 heterocycles. The van der Waals surface area contributed by atoms with E-state index in [2.05, 4.69) is 10.6 Å². The van der Waals surface area contributed by atoms with Gasteiger partial charge < -0.3 is 15.4 Å². The Balaban J connectivity index is 2.16. The van der Waals surface area contributed by atoms with Crippen molar-refractivity contribution in [3.05, 3.63) is 29.8 Å². The summed E-state index contributed by atoms with van der Waals surface area (Å²) in [5.74, 6) is 0.401. The summed E-state index contributed by atoms with van der Waals surface area (Å²) in [6, 6.07) is 9.09. The lowest BCUT2D eigenvalue weighted by molar-refractivity contribution is -0.120. The van der Waals surface area contributed by atoms with Gasteiger partial charge in [0.05, 0.1) is 19.6 Å². The van der Waals surface area contributed by atoms with Crippen LogP contribution in [0.4, 0.5) is 0 Å². The van der Waals surface area contributed by atoms with Crippen molar-refractivity contribution < 1.29 is 14.3 Å². The number of amides is 2. The van der Waals surface area contributed by atoms with Crippen LogP contribution in [0.15, 0.2) is 24.3 Å². The van der Waals surface area contributed by atoms with Crippen molar-refractivity contribution in [2.75, 3.05) is 20.2 Å². The third kappa shape index (κ3) is 6.97. The minimum atomic E-state index is -0.290. The van der Waals surface area contributed by atoms with Crippen LogP contribution in [0.3, 0.4) is 0 Å². The van der Waals surface area contributed by atoms with Crippen LogP contribution in [0.2, 0.25) is 0 Å². The van der Waals surface area contributed by atoms with Crippen molar-refractivity contribution in [2.45, 2.75) is 19.3 Å². The topological polar surface area (TPSA) is 91.2 Å². The molecule has 0 aromatic heterocycles. The Morgan fingerprint density at radius 1 is 1.14 bits per heavy atom. The summed E-state index contributed by atoms with van der Waals surface area (Å²) in [5, 5.41) is 13.7. The summed E-state index contributed by atoms with van der Waals surface area (Å²) < 4.78 is 5.05. The highest BCUT2D eigenvalue weighted by Crippen LogP contribution is 2.11. The highest BCUT2D eigenvalue weighted by atomic mass is 16.5. The summed E-state index contributed by atoms with van der Waals surface area (Å²) in [4.78, 5) is 22.7. The average molecular weight is 289 g/mol. The monoisotopic (exact) mass is 289 g/mol. The van der Waals surface area contributed by atoms with Gasteiger partial charge in [-0.25, -0.2) is 0 Å². The number of carbonyl (C=O) groups is 2. The van der Waals surface area contributed by atoms with E-state index in [1.54, 1.807) is 13.2 Å². The lowest BCUT2D eigenvalue weighted by atomic mass is 10.1. The van der Waals surface area contributed by atoms with Crippen molar-refractivity contribution in [3.63, 3.8) is 0 Å². The van der Waals surface area contributed by atoms with Crippen LogP contribution < -0.4 is 15.4 Å². The Morgan fingerprint density at radius 3 is 2.33 bits per heavy atom. The minimum absolute atomic E-state index is 0.0662. The third-order valence-electron chi connectivity index (χ3n) is 2.76.